The van der Waals surface area contributed by atoms with Gasteiger partial charge in [-0.15, -0.1) is 10.2 Å². The van der Waals surface area contributed by atoms with Crippen molar-refractivity contribution in [2.24, 2.45) is 0 Å². The summed E-state index contributed by atoms with van der Waals surface area (Å²) in [5.41, 5.74) is 1.96. The zero-order valence-corrected chi connectivity index (χ0v) is 17.9. The Morgan fingerprint density at radius 2 is 2.03 bits per heavy atom. The van der Waals surface area contributed by atoms with Crippen molar-refractivity contribution in [2.45, 2.75) is 32.9 Å². The van der Waals surface area contributed by atoms with Gasteiger partial charge in [0.15, 0.2) is 5.65 Å². The predicted molar refractivity (Wildman–Crippen MR) is 119 cm³/mol. The summed E-state index contributed by atoms with van der Waals surface area (Å²) >= 11 is 0. The molecule has 1 N–H and O–H groups in total. The van der Waals surface area contributed by atoms with Crippen molar-refractivity contribution < 1.29 is 13.9 Å². The number of benzene rings is 1. The second-order valence-electron chi connectivity index (χ2n) is 8.36. The van der Waals surface area contributed by atoms with E-state index in [0.29, 0.717) is 29.4 Å². The fourth-order valence-electron chi connectivity index (χ4n) is 3.57. The minimum Gasteiger partial charge on any atom is -0.467 e. The summed E-state index contributed by atoms with van der Waals surface area (Å²) in [6.07, 6.45) is 4.42. The number of carbonyl (C=O) groups is 1. The first kappa shape index (κ1) is 19.8. The number of aromatic nitrogens is 5. The monoisotopic (exact) mass is 430 g/mol. The molecule has 0 aliphatic heterocycles. The van der Waals surface area contributed by atoms with E-state index in [4.69, 9.17) is 9.15 Å². The third kappa shape index (κ3) is 3.58. The van der Waals surface area contributed by atoms with Crippen molar-refractivity contribution >= 4 is 28.6 Å². The Labute approximate surface area is 183 Å². The molecule has 9 heteroatoms. The van der Waals surface area contributed by atoms with Crippen molar-refractivity contribution in [3.63, 3.8) is 0 Å². The Kier molecular flexibility index (Phi) is 4.66. The second-order valence-corrected chi connectivity index (χ2v) is 8.36. The van der Waals surface area contributed by atoms with E-state index in [0.717, 1.165) is 16.7 Å². The maximum absolute atomic E-state index is 13.2. The summed E-state index contributed by atoms with van der Waals surface area (Å²) in [7, 11) is 0. The maximum Gasteiger partial charge on any atom is 0.419 e. The number of fused-ring (bicyclic) bond motifs is 2. The van der Waals surface area contributed by atoms with Crippen LogP contribution in [-0.2, 0) is 11.3 Å². The molecule has 0 spiro atoms. The van der Waals surface area contributed by atoms with Crippen molar-refractivity contribution in [1.29, 1.82) is 0 Å². The molecule has 0 saturated carbocycles. The molecule has 0 amide bonds. The highest BCUT2D eigenvalue weighted by molar-refractivity contribution is 5.98. The lowest BCUT2D eigenvalue weighted by molar-refractivity contribution is 0.0547. The molecule has 4 heterocycles. The fourth-order valence-corrected chi connectivity index (χ4v) is 3.57. The van der Waals surface area contributed by atoms with Gasteiger partial charge in [-0.05, 0) is 45.0 Å². The van der Waals surface area contributed by atoms with E-state index >= 15 is 0 Å². The first-order valence-electron chi connectivity index (χ1n) is 10.2. The Bertz CT molecular complexity index is 1410. The van der Waals surface area contributed by atoms with Gasteiger partial charge in [0, 0.05) is 11.6 Å². The molecule has 1 aromatic carbocycles. The molecule has 0 atom stereocenters. The van der Waals surface area contributed by atoms with Crippen molar-refractivity contribution in [1.82, 2.24) is 24.1 Å². The maximum atomic E-state index is 13.2. The molecule has 0 saturated heterocycles. The van der Waals surface area contributed by atoms with Crippen LogP contribution in [0, 0.1) is 0 Å². The van der Waals surface area contributed by atoms with Gasteiger partial charge in [-0.1, -0.05) is 18.2 Å². The molecule has 4 aromatic heterocycles. The number of carbonyl (C=O) groups excluding carboxylic acids is 1. The number of nitrogens with one attached hydrogen (secondary N) is 1. The van der Waals surface area contributed by atoms with Crippen molar-refractivity contribution in [3.05, 3.63) is 67.0 Å². The first-order chi connectivity index (χ1) is 15.4. The van der Waals surface area contributed by atoms with Gasteiger partial charge < -0.3 is 14.5 Å². The van der Waals surface area contributed by atoms with Crippen molar-refractivity contribution in [2.75, 3.05) is 5.32 Å². The zero-order chi connectivity index (χ0) is 22.3. The molecule has 9 nitrogen and oxygen atoms in total. The van der Waals surface area contributed by atoms with Crippen LogP contribution in [-0.4, -0.2) is 35.8 Å². The summed E-state index contributed by atoms with van der Waals surface area (Å²) in [6.45, 7) is 5.99. The minimum absolute atomic E-state index is 0.463. The average molecular weight is 430 g/mol. The van der Waals surface area contributed by atoms with Crippen LogP contribution in [0.3, 0.4) is 0 Å². The molecule has 0 unspecified atom stereocenters. The van der Waals surface area contributed by atoms with E-state index in [1.165, 1.54) is 0 Å². The number of furan rings is 1. The summed E-state index contributed by atoms with van der Waals surface area (Å²) in [6, 6.07) is 13.3. The minimum atomic E-state index is -0.637. The van der Waals surface area contributed by atoms with E-state index in [2.05, 4.69) is 20.5 Å². The number of hydrogen-bond donors (Lipinski definition) is 1. The average Bonchev–Trinajstić information content (AvgIpc) is 3.49. The van der Waals surface area contributed by atoms with Crippen LogP contribution in [0.15, 0.2) is 65.7 Å². The van der Waals surface area contributed by atoms with Gasteiger partial charge in [0.1, 0.15) is 17.7 Å². The summed E-state index contributed by atoms with van der Waals surface area (Å²) in [4.78, 5) is 17.7. The molecule has 0 radical (unpaired) electrons. The molecule has 162 valence electrons. The van der Waals surface area contributed by atoms with E-state index < -0.39 is 11.7 Å². The zero-order valence-electron chi connectivity index (χ0n) is 17.9. The number of ether oxygens (including phenoxy) is 1. The van der Waals surface area contributed by atoms with Crippen molar-refractivity contribution in [3.8, 4) is 11.3 Å². The number of rotatable bonds is 4. The summed E-state index contributed by atoms with van der Waals surface area (Å²) in [5.74, 6) is 1.34. The van der Waals surface area contributed by atoms with Gasteiger partial charge in [0.05, 0.1) is 29.6 Å². The lowest BCUT2D eigenvalue weighted by atomic mass is 10.2. The number of anilines is 1. The van der Waals surface area contributed by atoms with Gasteiger partial charge in [-0.2, -0.15) is 0 Å². The molecule has 5 aromatic rings. The smallest absolute Gasteiger partial charge is 0.419 e. The van der Waals surface area contributed by atoms with Gasteiger partial charge in [0.2, 0.25) is 5.95 Å². The number of nitrogens with zero attached hydrogens (tertiary/aromatic N) is 5. The van der Waals surface area contributed by atoms with Crippen LogP contribution in [0.4, 0.5) is 10.7 Å². The Hall–Kier alpha value is -4.14. The van der Waals surface area contributed by atoms with E-state index in [-0.39, 0.29) is 0 Å². The second kappa shape index (κ2) is 7.52. The third-order valence-electron chi connectivity index (χ3n) is 4.90. The number of hydrogen-bond acceptors (Lipinski definition) is 7. The third-order valence-corrected chi connectivity index (χ3v) is 4.90. The van der Waals surface area contributed by atoms with Crippen LogP contribution in [0.5, 0.6) is 0 Å². The molecule has 0 fully saturated rings. The molecule has 0 aliphatic carbocycles. The fraction of sp³-hybridized carbons (Fsp3) is 0.217. The molecule has 32 heavy (non-hydrogen) atoms. The topological polar surface area (TPSA) is 99.5 Å². The van der Waals surface area contributed by atoms with Crippen LogP contribution >= 0.6 is 0 Å². The molecule has 0 bridgehead atoms. The molecular formula is C23H22N6O3. The lowest BCUT2D eigenvalue weighted by Crippen LogP contribution is -2.27. The van der Waals surface area contributed by atoms with E-state index in [1.807, 2.05) is 63.2 Å². The van der Waals surface area contributed by atoms with Crippen LogP contribution < -0.4 is 5.32 Å². The highest BCUT2D eigenvalue weighted by Crippen LogP contribution is 2.31. The van der Waals surface area contributed by atoms with Gasteiger partial charge in [0.25, 0.3) is 0 Å². The predicted octanol–water partition coefficient (Wildman–Crippen LogP) is 4.73. The van der Waals surface area contributed by atoms with Gasteiger partial charge in [-0.3, -0.25) is 4.40 Å². The van der Waals surface area contributed by atoms with Crippen LogP contribution in [0.1, 0.15) is 26.5 Å². The highest BCUT2D eigenvalue weighted by Gasteiger charge is 2.24. The molecule has 0 aliphatic rings. The standard InChI is InChI=1S/C23H22N6O3/c1-23(2,3)32-22(30)29-18-9-5-4-7-15(18)11-19(29)17-13-25-21(28-14-26-27-20(17)28)24-12-16-8-6-10-31-16/h4-11,13-14H,12H2,1-3H3,(H,24,25). The largest absolute Gasteiger partial charge is 0.467 e. The Balaban J connectivity index is 1.62. The van der Waals surface area contributed by atoms with E-state index in [9.17, 15) is 4.79 Å². The first-order valence-corrected chi connectivity index (χ1v) is 10.2. The molecule has 5 rings (SSSR count). The summed E-state index contributed by atoms with van der Waals surface area (Å²) < 4.78 is 14.4. The Morgan fingerprint density at radius 1 is 1.19 bits per heavy atom. The highest BCUT2D eigenvalue weighted by atomic mass is 16.6. The summed E-state index contributed by atoms with van der Waals surface area (Å²) in [5, 5.41) is 12.5. The van der Waals surface area contributed by atoms with Gasteiger partial charge >= 0.3 is 6.09 Å². The number of para-hydroxylation sites is 1. The SMILES string of the molecule is CC(C)(C)OC(=O)n1c(-c2cnc(NCc3ccco3)n3cnnc23)cc2ccccc21. The quantitative estimate of drug-likeness (QED) is 0.440. The normalized spacial score (nSPS) is 11.8. The van der Waals surface area contributed by atoms with Crippen LogP contribution in [0.2, 0.25) is 0 Å². The Morgan fingerprint density at radius 3 is 2.81 bits per heavy atom. The molecular weight excluding hydrogens is 408 g/mol. The van der Waals surface area contributed by atoms with Crippen LogP contribution in [0.25, 0.3) is 27.8 Å². The van der Waals surface area contributed by atoms with E-state index in [1.54, 1.807) is 27.8 Å². The lowest BCUT2D eigenvalue weighted by Gasteiger charge is -2.21. The van der Waals surface area contributed by atoms with Gasteiger partial charge in [-0.25, -0.2) is 14.3 Å².